The third kappa shape index (κ3) is 4.80. The highest BCUT2D eigenvalue weighted by molar-refractivity contribution is 9.10. The van der Waals surface area contributed by atoms with Crippen LogP contribution in [0.25, 0.3) is 0 Å². The smallest absolute Gasteiger partial charge is 0.0292 e. The van der Waals surface area contributed by atoms with Crippen LogP contribution < -0.4 is 0 Å². The molecule has 0 radical (unpaired) electrons. The molecule has 1 atom stereocenters. The van der Waals surface area contributed by atoms with E-state index in [-0.39, 0.29) is 0 Å². The van der Waals surface area contributed by atoms with Crippen molar-refractivity contribution in [3.8, 4) is 0 Å². The molecule has 0 aliphatic carbocycles. The zero-order valence-electron chi connectivity index (χ0n) is 8.88. The van der Waals surface area contributed by atoms with Crippen molar-refractivity contribution in [2.45, 2.75) is 19.3 Å². The number of alkyl halides is 1. The fourth-order valence-corrected chi connectivity index (χ4v) is 2.77. The zero-order valence-corrected chi connectivity index (χ0v) is 12.0. The van der Waals surface area contributed by atoms with Crippen molar-refractivity contribution in [2.75, 3.05) is 17.4 Å². The number of hydrogen-bond acceptors (Lipinski definition) is 1. The molecule has 0 bridgehead atoms. The van der Waals surface area contributed by atoms with Crippen LogP contribution in [0, 0.1) is 0 Å². The Morgan fingerprint density at radius 3 is 2.53 bits per heavy atom. The van der Waals surface area contributed by atoms with Gasteiger partial charge in [0.15, 0.2) is 0 Å². The van der Waals surface area contributed by atoms with Gasteiger partial charge in [-0.3, -0.25) is 0 Å². The average Bonchev–Trinajstić information content (AvgIpc) is 2.26. The van der Waals surface area contributed by atoms with E-state index in [4.69, 9.17) is 11.6 Å². The van der Waals surface area contributed by atoms with Gasteiger partial charge in [0, 0.05) is 10.4 Å². The first-order valence-corrected chi connectivity index (χ1v) is 7.65. The van der Waals surface area contributed by atoms with Crippen LogP contribution in [0.4, 0.5) is 0 Å². The van der Waals surface area contributed by atoms with Gasteiger partial charge in [0.1, 0.15) is 0 Å². The molecule has 0 aliphatic rings. The molecular formula is C12H16BrClS. The number of rotatable bonds is 6. The van der Waals surface area contributed by atoms with Gasteiger partial charge in [0.05, 0.1) is 0 Å². The zero-order chi connectivity index (χ0) is 11.1. The van der Waals surface area contributed by atoms with Gasteiger partial charge in [0.25, 0.3) is 0 Å². The molecule has 0 aliphatic heterocycles. The van der Waals surface area contributed by atoms with E-state index in [0.717, 1.165) is 4.47 Å². The molecule has 0 spiro atoms. The number of hydrogen-bond donors (Lipinski definition) is 0. The van der Waals surface area contributed by atoms with Crippen LogP contribution in [-0.2, 0) is 0 Å². The summed E-state index contributed by atoms with van der Waals surface area (Å²) in [6, 6.07) is 8.49. The maximum absolute atomic E-state index is 6.00. The Labute approximate surface area is 110 Å². The minimum atomic E-state index is 0.499. The summed E-state index contributed by atoms with van der Waals surface area (Å²) in [5.41, 5.74) is 1.35. The lowest BCUT2D eigenvalue weighted by Gasteiger charge is -2.13. The summed E-state index contributed by atoms with van der Waals surface area (Å²) in [5.74, 6) is 3.60. The van der Waals surface area contributed by atoms with Gasteiger partial charge in [-0.2, -0.15) is 11.8 Å². The van der Waals surface area contributed by atoms with Gasteiger partial charge < -0.3 is 0 Å². The van der Waals surface area contributed by atoms with Crippen molar-refractivity contribution in [2.24, 2.45) is 0 Å². The normalized spacial score (nSPS) is 12.7. The summed E-state index contributed by atoms with van der Waals surface area (Å²) in [6.07, 6.45) is 1.17. The van der Waals surface area contributed by atoms with Crippen molar-refractivity contribution in [1.82, 2.24) is 0 Å². The first-order chi connectivity index (χ1) is 7.27. The van der Waals surface area contributed by atoms with Crippen molar-refractivity contribution < 1.29 is 0 Å². The molecule has 1 aromatic carbocycles. The molecule has 1 rings (SSSR count). The minimum Gasteiger partial charge on any atom is -0.162 e. The molecule has 0 nitrogen and oxygen atoms in total. The molecule has 0 heterocycles. The monoisotopic (exact) mass is 306 g/mol. The van der Waals surface area contributed by atoms with Crippen LogP contribution >= 0.6 is 39.3 Å². The Kier molecular flexibility index (Phi) is 6.78. The molecule has 1 unspecified atom stereocenters. The number of benzene rings is 1. The molecule has 0 fully saturated rings. The Morgan fingerprint density at radius 2 is 2.00 bits per heavy atom. The summed E-state index contributed by atoms with van der Waals surface area (Å²) in [4.78, 5) is 0. The van der Waals surface area contributed by atoms with Gasteiger partial charge in [0.2, 0.25) is 0 Å². The van der Waals surface area contributed by atoms with Crippen LogP contribution in [-0.4, -0.2) is 17.4 Å². The van der Waals surface area contributed by atoms with Crippen molar-refractivity contribution in [3.05, 3.63) is 34.3 Å². The predicted molar refractivity (Wildman–Crippen MR) is 75.2 cm³/mol. The third-order valence-corrected chi connectivity index (χ3v) is 4.18. The van der Waals surface area contributed by atoms with Crippen molar-refractivity contribution in [1.29, 1.82) is 0 Å². The summed E-state index contributed by atoms with van der Waals surface area (Å²) >= 11 is 11.4. The number of thioether (sulfide) groups is 1. The average molecular weight is 308 g/mol. The van der Waals surface area contributed by atoms with Crippen LogP contribution in [0.1, 0.15) is 24.8 Å². The molecule has 15 heavy (non-hydrogen) atoms. The molecule has 0 aromatic heterocycles. The fourth-order valence-electron chi connectivity index (χ4n) is 1.44. The number of halogens is 2. The lowest BCUT2D eigenvalue weighted by atomic mass is 9.99. The molecule has 0 saturated heterocycles. The van der Waals surface area contributed by atoms with E-state index in [2.05, 4.69) is 47.1 Å². The molecule has 84 valence electrons. The van der Waals surface area contributed by atoms with E-state index in [9.17, 15) is 0 Å². The van der Waals surface area contributed by atoms with E-state index in [1.165, 1.54) is 23.5 Å². The summed E-state index contributed by atoms with van der Waals surface area (Å²) in [7, 11) is 0. The van der Waals surface area contributed by atoms with Crippen LogP contribution in [0.3, 0.4) is 0 Å². The maximum Gasteiger partial charge on any atom is 0.0292 e. The first-order valence-electron chi connectivity index (χ1n) is 5.17. The SMILES string of the molecule is CCSCCC(CCl)c1ccc(Br)cc1. The molecule has 0 saturated carbocycles. The highest BCUT2D eigenvalue weighted by Crippen LogP contribution is 2.24. The van der Waals surface area contributed by atoms with Gasteiger partial charge in [-0.05, 0) is 41.5 Å². The van der Waals surface area contributed by atoms with Crippen LogP contribution in [0.2, 0.25) is 0 Å². The first kappa shape index (κ1) is 13.4. The van der Waals surface area contributed by atoms with E-state index in [1.54, 1.807) is 0 Å². The Hall–Kier alpha value is 0.340. The van der Waals surface area contributed by atoms with E-state index in [0.29, 0.717) is 11.8 Å². The van der Waals surface area contributed by atoms with Gasteiger partial charge in [-0.25, -0.2) is 0 Å². The lowest BCUT2D eigenvalue weighted by molar-refractivity contribution is 0.748. The second-order valence-corrected chi connectivity index (χ2v) is 6.01. The summed E-state index contributed by atoms with van der Waals surface area (Å²) in [6.45, 7) is 2.19. The maximum atomic E-state index is 6.00. The van der Waals surface area contributed by atoms with E-state index >= 15 is 0 Å². The van der Waals surface area contributed by atoms with Crippen LogP contribution in [0.5, 0.6) is 0 Å². The highest BCUT2D eigenvalue weighted by atomic mass is 79.9. The lowest BCUT2D eigenvalue weighted by Crippen LogP contribution is -2.02. The fraction of sp³-hybridized carbons (Fsp3) is 0.500. The Morgan fingerprint density at radius 1 is 1.33 bits per heavy atom. The van der Waals surface area contributed by atoms with Crippen molar-refractivity contribution >= 4 is 39.3 Å². The third-order valence-electron chi connectivity index (χ3n) is 2.34. The second-order valence-electron chi connectivity index (χ2n) is 3.39. The van der Waals surface area contributed by atoms with Gasteiger partial charge in [-0.1, -0.05) is 35.0 Å². The molecule has 0 amide bonds. The van der Waals surface area contributed by atoms with Crippen molar-refractivity contribution in [3.63, 3.8) is 0 Å². The topological polar surface area (TPSA) is 0 Å². The Balaban J connectivity index is 2.53. The minimum absolute atomic E-state index is 0.499. The van der Waals surface area contributed by atoms with Gasteiger partial charge >= 0.3 is 0 Å². The summed E-state index contributed by atoms with van der Waals surface area (Å²) in [5, 5.41) is 0. The highest BCUT2D eigenvalue weighted by Gasteiger charge is 2.09. The molecule has 3 heteroatoms. The summed E-state index contributed by atoms with van der Waals surface area (Å²) < 4.78 is 1.13. The molecular weight excluding hydrogens is 292 g/mol. The standard InChI is InChI=1S/C12H16BrClS/c1-2-15-8-7-11(9-14)10-3-5-12(13)6-4-10/h3-6,11H,2,7-9H2,1H3. The molecule has 0 N–H and O–H groups in total. The Bertz CT molecular complexity index is 273. The largest absolute Gasteiger partial charge is 0.162 e. The van der Waals surface area contributed by atoms with E-state index in [1.807, 2.05) is 11.8 Å². The van der Waals surface area contributed by atoms with Gasteiger partial charge in [-0.15, -0.1) is 11.6 Å². The quantitative estimate of drug-likeness (QED) is 0.531. The predicted octanol–water partition coefficient (Wildman–Crippen LogP) is 4.91. The van der Waals surface area contributed by atoms with Crippen LogP contribution in [0.15, 0.2) is 28.7 Å². The van der Waals surface area contributed by atoms with E-state index < -0.39 is 0 Å². The molecule has 1 aromatic rings. The second kappa shape index (κ2) is 7.59.